The summed E-state index contributed by atoms with van der Waals surface area (Å²) in [7, 11) is 0. The smallest absolute Gasteiger partial charge is 0.325 e. The maximum absolute atomic E-state index is 12.2. The van der Waals surface area contributed by atoms with Gasteiger partial charge in [-0.3, -0.25) is 14.5 Å². The average Bonchev–Trinajstić information content (AvgIpc) is 2.75. The molecule has 0 atom stereocenters. The van der Waals surface area contributed by atoms with Crippen molar-refractivity contribution < 1.29 is 14.4 Å². The van der Waals surface area contributed by atoms with Crippen molar-refractivity contribution in [2.75, 3.05) is 18.4 Å². The lowest BCUT2D eigenvalue weighted by Gasteiger charge is -2.16. The van der Waals surface area contributed by atoms with Crippen LogP contribution in [0.25, 0.3) is 0 Å². The Labute approximate surface area is 160 Å². The molecule has 1 aromatic carbocycles. The van der Waals surface area contributed by atoms with Crippen molar-refractivity contribution in [1.82, 2.24) is 15.5 Å². The van der Waals surface area contributed by atoms with Crippen LogP contribution in [0.4, 0.5) is 10.5 Å². The lowest BCUT2D eigenvalue weighted by atomic mass is 10.1. The largest absolute Gasteiger partial charge is 0.326 e. The van der Waals surface area contributed by atoms with Crippen molar-refractivity contribution in [1.29, 1.82) is 0 Å². The van der Waals surface area contributed by atoms with E-state index in [2.05, 4.69) is 16.0 Å². The quantitative estimate of drug-likeness (QED) is 0.601. The molecule has 0 radical (unpaired) electrons. The Bertz CT molecular complexity index is 664. The minimum atomic E-state index is -0.870. The molecule has 2 rings (SSSR count). The highest BCUT2D eigenvalue weighted by Crippen LogP contribution is 2.18. The lowest BCUT2D eigenvalue weighted by molar-refractivity contribution is -0.130. The minimum Gasteiger partial charge on any atom is -0.326 e. The number of hydrogen-bond donors (Lipinski definition) is 3. The maximum Gasteiger partial charge on any atom is 0.325 e. The van der Waals surface area contributed by atoms with E-state index in [0.717, 1.165) is 17.8 Å². The van der Waals surface area contributed by atoms with Gasteiger partial charge in [0.25, 0.3) is 5.91 Å². The summed E-state index contributed by atoms with van der Waals surface area (Å²) in [5.41, 5.74) is 0.933. The van der Waals surface area contributed by atoms with Gasteiger partial charge in [-0.05, 0) is 38.4 Å². The number of halogens is 1. The van der Waals surface area contributed by atoms with Gasteiger partial charge in [0.2, 0.25) is 5.91 Å². The van der Waals surface area contributed by atoms with Crippen molar-refractivity contribution in [3.63, 3.8) is 0 Å². The normalized spacial score (nSPS) is 15.4. The van der Waals surface area contributed by atoms with Crippen LogP contribution in [0.5, 0.6) is 0 Å². The van der Waals surface area contributed by atoms with Gasteiger partial charge in [0.1, 0.15) is 5.54 Å². The Morgan fingerprint density at radius 3 is 2.54 bits per heavy atom. The van der Waals surface area contributed by atoms with Crippen LogP contribution in [-0.2, 0) is 16.1 Å². The Hall–Kier alpha value is -2.12. The predicted molar refractivity (Wildman–Crippen MR) is 103 cm³/mol. The summed E-state index contributed by atoms with van der Waals surface area (Å²) in [6.45, 7) is 7.14. The number of rotatable bonds is 8. The molecule has 0 bridgehead atoms. The first-order chi connectivity index (χ1) is 11.8. The van der Waals surface area contributed by atoms with Crippen molar-refractivity contribution in [3.8, 4) is 0 Å². The molecule has 3 N–H and O–H groups in total. The SMILES string of the molecule is CCNCc1ccccc1NC(=O)CCCN1C(=O)NC(C)(C)C1=O.Cl. The summed E-state index contributed by atoms with van der Waals surface area (Å²) >= 11 is 0. The van der Waals surface area contributed by atoms with Gasteiger partial charge >= 0.3 is 6.03 Å². The third kappa shape index (κ3) is 5.44. The third-order valence-corrected chi connectivity index (χ3v) is 4.09. The second-order valence-corrected chi connectivity index (χ2v) is 6.60. The first kappa shape index (κ1) is 21.9. The van der Waals surface area contributed by atoms with E-state index in [4.69, 9.17) is 0 Å². The molecule has 1 aromatic rings. The standard InChI is InChI=1S/C18H26N4O3.ClH/c1-4-19-12-13-8-5-6-9-14(13)20-15(23)10-7-11-22-16(24)18(2,3)21-17(22)25;/h5-6,8-9,19H,4,7,10-12H2,1-3H3,(H,20,23)(H,21,25);1H. The zero-order chi connectivity index (χ0) is 18.4. The number of carbonyl (C=O) groups excluding carboxylic acids is 3. The van der Waals surface area contributed by atoms with Gasteiger partial charge in [-0.15, -0.1) is 12.4 Å². The molecule has 0 aromatic heterocycles. The first-order valence-electron chi connectivity index (χ1n) is 8.57. The van der Waals surface area contributed by atoms with Gasteiger partial charge in [0, 0.05) is 25.2 Å². The first-order valence-corrected chi connectivity index (χ1v) is 8.57. The van der Waals surface area contributed by atoms with E-state index in [0.29, 0.717) is 13.0 Å². The number of imide groups is 1. The third-order valence-electron chi connectivity index (χ3n) is 4.09. The van der Waals surface area contributed by atoms with E-state index in [-0.39, 0.29) is 37.2 Å². The number of amides is 4. The molecule has 1 saturated heterocycles. The average molecular weight is 383 g/mol. The summed E-state index contributed by atoms with van der Waals surface area (Å²) in [6.07, 6.45) is 0.670. The lowest BCUT2D eigenvalue weighted by Crippen LogP contribution is -2.40. The summed E-state index contributed by atoms with van der Waals surface area (Å²) < 4.78 is 0. The van der Waals surface area contributed by atoms with E-state index >= 15 is 0 Å². The summed E-state index contributed by atoms with van der Waals surface area (Å²) in [4.78, 5) is 37.2. The van der Waals surface area contributed by atoms with Gasteiger partial charge in [-0.25, -0.2) is 4.79 Å². The van der Waals surface area contributed by atoms with Crippen LogP contribution in [0.15, 0.2) is 24.3 Å². The molecule has 0 aliphatic carbocycles. The second kappa shape index (κ2) is 9.54. The molecule has 0 saturated carbocycles. The van der Waals surface area contributed by atoms with Crippen molar-refractivity contribution >= 4 is 35.9 Å². The van der Waals surface area contributed by atoms with Crippen molar-refractivity contribution in [3.05, 3.63) is 29.8 Å². The number of nitrogens with zero attached hydrogens (tertiary/aromatic N) is 1. The van der Waals surface area contributed by atoms with Crippen LogP contribution >= 0.6 is 12.4 Å². The molecule has 1 heterocycles. The molecular formula is C18H27ClN4O3. The van der Waals surface area contributed by atoms with Crippen LogP contribution in [0.2, 0.25) is 0 Å². The van der Waals surface area contributed by atoms with Crippen molar-refractivity contribution in [2.24, 2.45) is 0 Å². The molecule has 1 aliphatic heterocycles. The van der Waals surface area contributed by atoms with Gasteiger partial charge in [0.15, 0.2) is 0 Å². The maximum atomic E-state index is 12.2. The molecule has 8 heteroatoms. The monoisotopic (exact) mass is 382 g/mol. The van der Waals surface area contributed by atoms with Crippen LogP contribution in [0.1, 0.15) is 39.2 Å². The number of anilines is 1. The Morgan fingerprint density at radius 2 is 1.92 bits per heavy atom. The van der Waals surface area contributed by atoms with E-state index in [1.165, 1.54) is 4.90 Å². The molecule has 4 amide bonds. The predicted octanol–water partition coefficient (Wildman–Crippen LogP) is 2.27. The zero-order valence-electron chi connectivity index (χ0n) is 15.4. The van der Waals surface area contributed by atoms with Gasteiger partial charge in [-0.1, -0.05) is 25.1 Å². The zero-order valence-corrected chi connectivity index (χ0v) is 16.2. The van der Waals surface area contributed by atoms with Crippen LogP contribution in [0.3, 0.4) is 0 Å². The minimum absolute atomic E-state index is 0. The van der Waals surface area contributed by atoms with Crippen LogP contribution < -0.4 is 16.0 Å². The molecule has 144 valence electrons. The number of nitrogens with one attached hydrogen (secondary N) is 3. The fourth-order valence-electron chi connectivity index (χ4n) is 2.69. The summed E-state index contributed by atoms with van der Waals surface area (Å²) in [5.74, 6) is -0.385. The molecule has 1 aliphatic rings. The van der Waals surface area contributed by atoms with Crippen LogP contribution in [-0.4, -0.2) is 41.4 Å². The Balaban J connectivity index is 0.00000338. The molecule has 1 fully saturated rings. The number of hydrogen-bond acceptors (Lipinski definition) is 4. The summed E-state index contributed by atoms with van der Waals surface area (Å²) in [5, 5.41) is 8.76. The Morgan fingerprint density at radius 1 is 1.23 bits per heavy atom. The second-order valence-electron chi connectivity index (χ2n) is 6.60. The molecular weight excluding hydrogens is 356 g/mol. The highest BCUT2D eigenvalue weighted by molar-refractivity contribution is 6.06. The van der Waals surface area contributed by atoms with E-state index in [1.807, 2.05) is 31.2 Å². The van der Waals surface area contributed by atoms with Gasteiger partial charge in [0.05, 0.1) is 0 Å². The number of carbonyl (C=O) groups is 3. The highest BCUT2D eigenvalue weighted by Gasteiger charge is 2.43. The van der Waals surface area contributed by atoms with E-state index < -0.39 is 11.6 Å². The van der Waals surface area contributed by atoms with Crippen molar-refractivity contribution in [2.45, 2.75) is 45.7 Å². The highest BCUT2D eigenvalue weighted by atomic mass is 35.5. The van der Waals surface area contributed by atoms with E-state index in [9.17, 15) is 14.4 Å². The fraction of sp³-hybridized carbons (Fsp3) is 0.500. The number of benzene rings is 1. The molecule has 0 spiro atoms. The summed E-state index contributed by atoms with van der Waals surface area (Å²) in [6, 6.07) is 7.24. The number of para-hydroxylation sites is 1. The number of urea groups is 1. The van der Waals surface area contributed by atoms with Gasteiger partial charge < -0.3 is 16.0 Å². The fourth-order valence-corrected chi connectivity index (χ4v) is 2.69. The Kier molecular flexibility index (Phi) is 8.05. The molecule has 0 unspecified atom stereocenters. The molecule has 26 heavy (non-hydrogen) atoms. The topological polar surface area (TPSA) is 90.5 Å². The van der Waals surface area contributed by atoms with Gasteiger partial charge in [-0.2, -0.15) is 0 Å². The van der Waals surface area contributed by atoms with E-state index in [1.54, 1.807) is 13.8 Å². The molecule has 7 nitrogen and oxygen atoms in total. The van der Waals surface area contributed by atoms with Crippen LogP contribution in [0, 0.1) is 0 Å².